The quantitative estimate of drug-likeness (QED) is 0.184. The number of halogens is 2. The molecular weight excluding hydrogens is 654 g/mol. The Kier molecular flexibility index (Phi) is 11.4. The van der Waals surface area contributed by atoms with Crippen LogP contribution in [0.15, 0.2) is 66.9 Å². The van der Waals surface area contributed by atoms with Crippen LogP contribution in [0.1, 0.15) is 60.3 Å². The first-order valence-electron chi connectivity index (χ1n) is 17.5. The van der Waals surface area contributed by atoms with Crippen molar-refractivity contribution in [3.05, 3.63) is 95.3 Å². The Morgan fingerprint density at radius 3 is 2.47 bits per heavy atom. The predicted octanol–water partition coefficient (Wildman–Crippen LogP) is 5.71. The number of ether oxygens (including phenoxy) is 1. The summed E-state index contributed by atoms with van der Waals surface area (Å²) in [6.07, 6.45) is 4.67. The minimum atomic E-state index is -0.937. The van der Waals surface area contributed by atoms with Crippen molar-refractivity contribution >= 4 is 17.8 Å². The zero-order chi connectivity index (χ0) is 36.1. The number of carbonyl (C=O) groups excluding carboxylic acids is 2. The lowest BCUT2D eigenvalue weighted by atomic mass is 9.99. The molecule has 3 amide bonds. The number of pyridine rings is 1. The van der Waals surface area contributed by atoms with Crippen LogP contribution in [0.3, 0.4) is 0 Å². The standard InChI is InChI=1S/C38H46F2N8O3/c1-5-47-18-14-27(15-19-47)42-37(49)33-22-25(13-17-41-33)34-24(2)36(48(45-34)28-9-7-6-8-10-28)44-38(50)43-32-23-29(16-20-51-4)46(3)35(32)26-11-12-30(39)31(40)21-26/h6-13,17,21-22,27,29,32,35H,5,14-16,18-20,23H2,1-4H3,(H,42,49)(H2,43,44,50)/t29-,32-,35+/m1/s1. The fourth-order valence-corrected chi connectivity index (χ4v) is 7.32. The van der Waals surface area contributed by atoms with Gasteiger partial charge in [-0.1, -0.05) is 31.2 Å². The number of benzene rings is 2. The fourth-order valence-electron chi connectivity index (χ4n) is 7.32. The molecule has 0 aliphatic carbocycles. The topological polar surface area (TPSA) is 117 Å². The first kappa shape index (κ1) is 36.1. The zero-order valence-electron chi connectivity index (χ0n) is 29.5. The minimum absolute atomic E-state index is 0.0405. The second-order valence-electron chi connectivity index (χ2n) is 13.3. The Morgan fingerprint density at radius 2 is 1.76 bits per heavy atom. The van der Waals surface area contributed by atoms with Crippen molar-refractivity contribution in [3.63, 3.8) is 0 Å². The van der Waals surface area contributed by atoms with Crippen LogP contribution in [-0.2, 0) is 4.74 Å². The van der Waals surface area contributed by atoms with E-state index in [4.69, 9.17) is 9.84 Å². The van der Waals surface area contributed by atoms with Crippen LogP contribution in [0.25, 0.3) is 16.9 Å². The molecule has 3 atom stereocenters. The van der Waals surface area contributed by atoms with Gasteiger partial charge in [0, 0.05) is 56.2 Å². The highest BCUT2D eigenvalue weighted by Gasteiger charge is 2.41. The van der Waals surface area contributed by atoms with Gasteiger partial charge in [-0.3, -0.25) is 20.0 Å². The van der Waals surface area contributed by atoms with Gasteiger partial charge in [0.25, 0.3) is 5.91 Å². The van der Waals surface area contributed by atoms with E-state index in [1.165, 1.54) is 6.07 Å². The molecule has 270 valence electrons. The van der Waals surface area contributed by atoms with Crippen molar-refractivity contribution in [1.29, 1.82) is 0 Å². The van der Waals surface area contributed by atoms with E-state index >= 15 is 0 Å². The lowest BCUT2D eigenvalue weighted by Crippen LogP contribution is -2.44. The molecule has 2 aromatic carbocycles. The van der Waals surface area contributed by atoms with Gasteiger partial charge in [0.05, 0.1) is 23.5 Å². The van der Waals surface area contributed by atoms with E-state index in [1.54, 1.807) is 36.2 Å². The summed E-state index contributed by atoms with van der Waals surface area (Å²) in [6.45, 7) is 7.44. The van der Waals surface area contributed by atoms with Crippen LogP contribution < -0.4 is 16.0 Å². The Bertz CT molecular complexity index is 1830. The summed E-state index contributed by atoms with van der Waals surface area (Å²) in [7, 11) is 3.56. The van der Waals surface area contributed by atoms with Gasteiger partial charge in [-0.2, -0.15) is 5.10 Å². The van der Waals surface area contributed by atoms with Crippen molar-refractivity contribution in [2.45, 2.75) is 63.7 Å². The van der Waals surface area contributed by atoms with Gasteiger partial charge < -0.3 is 20.3 Å². The first-order chi connectivity index (χ1) is 24.7. The number of anilines is 1. The third kappa shape index (κ3) is 8.11. The fraction of sp³-hybridized carbons (Fsp3) is 0.421. The molecule has 0 bridgehead atoms. The van der Waals surface area contributed by atoms with Crippen molar-refractivity contribution in [3.8, 4) is 16.9 Å². The van der Waals surface area contributed by atoms with Crippen LogP contribution in [0.5, 0.6) is 0 Å². The molecule has 2 saturated heterocycles. The molecule has 0 saturated carbocycles. The zero-order valence-corrected chi connectivity index (χ0v) is 29.5. The number of likely N-dealkylation sites (N-methyl/N-ethyl adjacent to an activating group) is 1. The number of hydrogen-bond donors (Lipinski definition) is 3. The number of rotatable bonds is 11. The highest BCUT2D eigenvalue weighted by molar-refractivity contribution is 5.94. The second-order valence-corrected chi connectivity index (χ2v) is 13.3. The number of para-hydroxylation sites is 1. The Morgan fingerprint density at radius 1 is 1.00 bits per heavy atom. The number of likely N-dealkylation sites (tertiary alicyclic amines) is 2. The molecule has 0 spiro atoms. The number of amides is 3. The SMILES string of the molecule is CCN1CCC(NC(=O)c2cc(-c3nn(-c4ccccc4)c(NC(=O)N[C@@H]4C[C@@H](CCOC)N(C)[C@H]4c4ccc(F)c(F)c4)c3C)ccn2)CC1. The molecule has 11 nitrogen and oxygen atoms in total. The van der Waals surface area contributed by atoms with Crippen molar-refractivity contribution in [1.82, 2.24) is 35.2 Å². The molecule has 2 fully saturated rings. The number of urea groups is 1. The van der Waals surface area contributed by atoms with Crippen molar-refractivity contribution in [2.75, 3.05) is 45.7 Å². The molecule has 6 rings (SSSR count). The molecule has 4 aromatic rings. The lowest BCUT2D eigenvalue weighted by molar-refractivity contribution is 0.0907. The Labute approximate surface area is 297 Å². The van der Waals surface area contributed by atoms with E-state index in [9.17, 15) is 18.4 Å². The number of piperidine rings is 1. The summed E-state index contributed by atoms with van der Waals surface area (Å²) >= 11 is 0. The first-order valence-corrected chi connectivity index (χ1v) is 17.5. The third-order valence-corrected chi connectivity index (χ3v) is 10.2. The Hall–Kier alpha value is -4.72. The highest BCUT2D eigenvalue weighted by atomic mass is 19.2. The van der Waals surface area contributed by atoms with Gasteiger partial charge in [0.15, 0.2) is 11.6 Å². The molecule has 0 radical (unpaired) electrons. The molecule has 0 unspecified atom stereocenters. The maximum atomic E-state index is 14.4. The van der Waals surface area contributed by atoms with Gasteiger partial charge in [-0.05, 0) is 88.2 Å². The monoisotopic (exact) mass is 700 g/mol. The largest absolute Gasteiger partial charge is 0.385 e. The molecule has 3 N–H and O–H groups in total. The smallest absolute Gasteiger partial charge is 0.320 e. The molecule has 2 aromatic heterocycles. The number of methoxy groups -OCH3 is 1. The maximum absolute atomic E-state index is 14.4. The summed E-state index contributed by atoms with van der Waals surface area (Å²) < 4.78 is 35.2. The van der Waals surface area contributed by atoms with Crippen LogP contribution in [0.2, 0.25) is 0 Å². The average molecular weight is 701 g/mol. The summed E-state index contributed by atoms with van der Waals surface area (Å²) in [5.74, 6) is -1.64. The van der Waals surface area contributed by atoms with Crippen molar-refractivity contribution in [2.24, 2.45) is 0 Å². The molecule has 2 aliphatic heterocycles. The van der Waals surface area contributed by atoms with Gasteiger partial charge >= 0.3 is 6.03 Å². The number of nitrogens with zero attached hydrogens (tertiary/aromatic N) is 5. The lowest BCUT2D eigenvalue weighted by Gasteiger charge is -2.31. The van der Waals surface area contributed by atoms with Gasteiger partial charge in [0.2, 0.25) is 0 Å². The van der Waals surface area contributed by atoms with E-state index in [1.807, 2.05) is 44.3 Å². The number of carbonyl (C=O) groups is 2. The van der Waals surface area contributed by atoms with Crippen LogP contribution in [0.4, 0.5) is 19.4 Å². The molecule has 13 heteroatoms. The number of aromatic nitrogens is 3. The van der Waals surface area contributed by atoms with Crippen LogP contribution in [0, 0.1) is 18.6 Å². The molecule has 4 heterocycles. The summed E-state index contributed by atoms with van der Waals surface area (Å²) in [6, 6.07) is 15.7. The number of hydrogen-bond acceptors (Lipinski definition) is 7. The van der Waals surface area contributed by atoms with E-state index in [-0.39, 0.29) is 18.0 Å². The maximum Gasteiger partial charge on any atom is 0.320 e. The summed E-state index contributed by atoms with van der Waals surface area (Å²) in [5.41, 5.74) is 3.55. The van der Waals surface area contributed by atoms with Gasteiger partial charge in [-0.15, -0.1) is 0 Å². The van der Waals surface area contributed by atoms with E-state index < -0.39 is 29.7 Å². The second kappa shape index (κ2) is 16.1. The summed E-state index contributed by atoms with van der Waals surface area (Å²) in [5, 5.41) is 14.2. The van der Waals surface area contributed by atoms with Gasteiger partial charge in [-0.25, -0.2) is 18.3 Å². The number of nitrogens with one attached hydrogen (secondary N) is 3. The van der Waals surface area contributed by atoms with E-state index in [0.29, 0.717) is 53.3 Å². The van der Waals surface area contributed by atoms with E-state index in [0.717, 1.165) is 44.2 Å². The molecular formula is C38H46F2N8O3. The molecule has 2 aliphatic rings. The van der Waals surface area contributed by atoms with Crippen LogP contribution in [-0.4, -0.2) is 95.0 Å². The minimum Gasteiger partial charge on any atom is -0.385 e. The third-order valence-electron chi connectivity index (χ3n) is 10.2. The Balaban J connectivity index is 1.25. The van der Waals surface area contributed by atoms with E-state index in [2.05, 4.69) is 37.7 Å². The van der Waals surface area contributed by atoms with Crippen molar-refractivity contribution < 1.29 is 23.1 Å². The van der Waals surface area contributed by atoms with Gasteiger partial charge in [0.1, 0.15) is 11.5 Å². The summed E-state index contributed by atoms with van der Waals surface area (Å²) in [4.78, 5) is 35.9. The normalized spacial score (nSPS) is 20.0. The molecule has 51 heavy (non-hydrogen) atoms. The predicted molar refractivity (Wildman–Crippen MR) is 192 cm³/mol. The van der Waals surface area contributed by atoms with Crippen LogP contribution >= 0.6 is 0 Å². The highest BCUT2D eigenvalue weighted by Crippen LogP contribution is 2.37. The average Bonchev–Trinajstić information content (AvgIpc) is 3.63.